The van der Waals surface area contributed by atoms with Crippen molar-refractivity contribution < 1.29 is 9.84 Å². The Balaban J connectivity index is 2.09. The van der Waals surface area contributed by atoms with Crippen molar-refractivity contribution in [3.8, 4) is 0 Å². The molecule has 94 valence electrons. The van der Waals surface area contributed by atoms with Gasteiger partial charge in [0.05, 0.1) is 31.3 Å². The van der Waals surface area contributed by atoms with Crippen molar-refractivity contribution in [1.29, 1.82) is 0 Å². The summed E-state index contributed by atoms with van der Waals surface area (Å²) in [6.07, 6.45) is 3.58. The van der Waals surface area contributed by atoms with E-state index in [0.717, 1.165) is 30.5 Å². The van der Waals surface area contributed by atoms with Gasteiger partial charge in [-0.05, 0) is 26.2 Å². The zero-order valence-corrected chi connectivity index (χ0v) is 10.1. The number of aliphatic hydroxyl groups is 1. The van der Waals surface area contributed by atoms with Crippen molar-refractivity contribution in [2.45, 2.75) is 38.8 Å². The van der Waals surface area contributed by atoms with E-state index in [0.29, 0.717) is 6.61 Å². The molecule has 1 aromatic heterocycles. The van der Waals surface area contributed by atoms with Gasteiger partial charge in [0.2, 0.25) is 0 Å². The van der Waals surface area contributed by atoms with E-state index >= 15 is 0 Å². The van der Waals surface area contributed by atoms with Crippen molar-refractivity contribution in [1.82, 2.24) is 9.55 Å². The number of hydrogen-bond donors (Lipinski definition) is 1. The van der Waals surface area contributed by atoms with Gasteiger partial charge in [0.25, 0.3) is 5.56 Å². The fourth-order valence-electron chi connectivity index (χ4n) is 2.13. The van der Waals surface area contributed by atoms with Gasteiger partial charge in [-0.3, -0.25) is 9.36 Å². The molecule has 17 heavy (non-hydrogen) atoms. The van der Waals surface area contributed by atoms with Crippen molar-refractivity contribution in [2.75, 3.05) is 13.2 Å². The molecule has 5 nitrogen and oxygen atoms in total. The number of aromatic nitrogens is 2. The maximum absolute atomic E-state index is 12.0. The third kappa shape index (κ3) is 2.73. The summed E-state index contributed by atoms with van der Waals surface area (Å²) < 4.78 is 6.59. The van der Waals surface area contributed by atoms with Crippen LogP contribution in [-0.2, 0) is 24.1 Å². The number of hydrogen-bond acceptors (Lipinski definition) is 4. The molecule has 2 rings (SSSR count). The fourth-order valence-corrected chi connectivity index (χ4v) is 2.13. The van der Waals surface area contributed by atoms with Crippen molar-refractivity contribution in [3.63, 3.8) is 0 Å². The van der Waals surface area contributed by atoms with Crippen molar-refractivity contribution >= 4 is 0 Å². The average Bonchev–Trinajstić information content (AvgIpc) is 2.79. The van der Waals surface area contributed by atoms with Crippen LogP contribution in [0.25, 0.3) is 0 Å². The monoisotopic (exact) mass is 238 g/mol. The molecule has 0 aliphatic heterocycles. The Morgan fingerprint density at radius 2 is 2.41 bits per heavy atom. The molecule has 0 spiro atoms. The summed E-state index contributed by atoms with van der Waals surface area (Å²) in [5.74, 6) is 0. The zero-order valence-electron chi connectivity index (χ0n) is 10.1. The number of nitrogens with zero attached hydrogens (tertiary/aromatic N) is 2. The van der Waals surface area contributed by atoms with E-state index < -0.39 is 6.10 Å². The number of aryl methyl sites for hydroxylation is 1. The molecule has 0 fully saturated rings. The lowest BCUT2D eigenvalue weighted by Gasteiger charge is -2.12. The Labute approximate surface area is 100 Å². The molecule has 0 radical (unpaired) electrons. The first kappa shape index (κ1) is 12.3. The SMILES string of the molecule is CCOC[C@H](O)Cn1cnc2c(c1=O)CCC2. The minimum atomic E-state index is -0.658. The predicted molar refractivity (Wildman–Crippen MR) is 63.0 cm³/mol. The number of aliphatic hydroxyl groups excluding tert-OH is 1. The van der Waals surface area contributed by atoms with Crippen LogP contribution >= 0.6 is 0 Å². The van der Waals surface area contributed by atoms with Gasteiger partial charge in [-0.1, -0.05) is 0 Å². The minimum Gasteiger partial charge on any atom is -0.389 e. The average molecular weight is 238 g/mol. The number of ether oxygens (including phenoxy) is 1. The molecule has 1 N–H and O–H groups in total. The maximum atomic E-state index is 12.0. The summed E-state index contributed by atoms with van der Waals surface area (Å²) in [6, 6.07) is 0. The molecule has 5 heteroatoms. The fraction of sp³-hybridized carbons (Fsp3) is 0.667. The summed E-state index contributed by atoms with van der Waals surface area (Å²) in [4.78, 5) is 16.3. The Bertz CT molecular complexity index is 442. The van der Waals surface area contributed by atoms with E-state index in [9.17, 15) is 9.90 Å². The second kappa shape index (κ2) is 5.42. The largest absolute Gasteiger partial charge is 0.389 e. The third-order valence-electron chi connectivity index (χ3n) is 2.98. The van der Waals surface area contributed by atoms with E-state index in [-0.39, 0.29) is 18.7 Å². The van der Waals surface area contributed by atoms with Gasteiger partial charge in [0.15, 0.2) is 0 Å². The summed E-state index contributed by atoms with van der Waals surface area (Å²) in [6.45, 7) is 2.93. The van der Waals surface area contributed by atoms with Crippen LogP contribution in [0.3, 0.4) is 0 Å². The normalized spacial score (nSPS) is 15.9. The highest BCUT2D eigenvalue weighted by molar-refractivity contribution is 5.21. The molecular formula is C12H18N2O3. The smallest absolute Gasteiger partial charge is 0.256 e. The highest BCUT2D eigenvalue weighted by Crippen LogP contribution is 2.14. The molecule has 1 heterocycles. The van der Waals surface area contributed by atoms with Crippen molar-refractivity contribution in [2.24, 2.45) is 0 Å². The molecule has 0 aromatic carbocycles. The van der Waals surface area contributed by atoms with E-state index in [2.05, 4.69) is 4.98 Å². The van der Waals surface area contributed by atoms with E-state index in [4.69, 9.17) is 4.74 Å². The molecule has 0 unspecified atom stereocenters. The Kier molecular flexibility index (Phi) is 3.91. The standard InChI is InChI=1S/C12H18N2O3/c1-2-17-7-9(15)6-14-8-13-11-5-3-4-10(11)12(14)16/h8-9,15H,2-7H2,1H3/t9-/m1/s1. The topological polar surface area (TPSA) is 64.3 Å². The quantitative estimate of drug-likeness (QED) is 0.792. The second-order valence-corrected chi connectivity index (χ2v) is 4.29. The van der Waals surface area contributed by atoms with Gasteiger partial charge in [-0.15, -0.1) is 0 Å². The molecule has 1 atom stereocenters. The molecule has 1 aromatic rings. The Morgan fingerprint density at radius 1 is 1.59 bits per heavy atom. The first-order valence-electron chi connectivity index (χ1n) is 6.05. The van der Waals surface area contributed by atoms with Crippen LogP contribution in [0.1, 0.15) is 24.6 Å². The lowest BCUT2D eigenvalue weighted by Crippen LogP contribution is -2.31. The molecular weight excluding hydrogens is 220 g/mol. The van der Waals surface area contributed by atoms with Crippen LogP contribution in [0, 0.1) is 0 Å². The predicted octanol–water partition coefficient (Wildman–Crippen LogP) is 0.129. The van der Waals surface area contributed by atoms with Gasteiger partial charge >= 0.3 is 0 Å². The van der Waals surface area contributed by atoms with Crippen LogP contribution < -0.4 is 5.56 Å². The van der Waals surface area contributed by atoms with E-state index in [1.165, 1.54) is 10.9 Å². The minimum absolute atomic E-state index is 0.0111. The van der Waals surface area contributed by atoms with E-state index in [1.807, 2.05) is 6.92 Å². The summed E-state index contributed by atoms with van der Waals surface area (Å²) >= 11 is 0. The third-order valence-corrected chi connectivity index (χ3v) is 2.98. The summed E-state index contributed by atoms with van der Waals surface area (Å²) in [5.41, 5.74) is 1.73. The highest BCUT2D eigenvalue weighted by atomic mass is 16.5. The molecule has 0 amide bonds. The lowest BCUT2D eigenvalue weighted by atomic mass is 10.2. The van der Waals surface area contributed by atoms with Crippen LogP contribution in [0.4, 0.5) is 0 Å². The van der Waals surface area contributed by atoms with Gasteiger partial charge in [0, 0.05) is 12.2 Å². The van der Waals surface area contributed by atoms with Crippen LogP contribution in [0.15, 0.2) is 11.1 Å². The first-order valence-corrected chi connectivity index (χ1v) is 6.05. The molecule has 0 saturated carbocycles. The molecule has 1 aliphatic carbocycles. The molecule has 0 bridgehead atoms. The van der Waals surface area contributed by atoms with Crippen LogP contribution in [0.2, 0.25) is 0 Å². The summed E-state index contributed by atoms with van der Waals surface area (Å²) in [5, 5.41) is 9.69. The van der Waals surface area contributed by atoms with Gasteiger partial charge in [-0.25, -0.2) is 4.98 Å². The van der Waals surface area contributed by atoms with E-state index in [1.54, 1.807) is 0 Å². The lowest BCUT2D eigenvalue weighted by molar-refractivity contribution is 0.0328. The zero-order chi connectivity index (χ0) is 12.3. The number of fused-ring (bicyclic) bond motifs is 1. The maximum Gasteiger partial charge on any atom is 0.256 e. The number of rotatable bonds is 5. The van der Waals surface area contributed by atoms with Crippen LogP contribution in [-0.4, -0.2) is 34.0 Å². The Morgan fingerprint density at radius 3 is 3.18 bits per heavy atom. The Hall–Kier alpha value is -1.20. The molecule has 0 saturated heterocycles. The van der Waals surface area contributed by atoms with Crippen LogP contribution in [0.5, 0.6) is 0 Å². The van der Waals surface area contributed by atoms with Gasteiger partial charge in [0.1, 0.15) is 0 Å². The van der Waals surface area contributed by atoms with Gasteiger partial charge in [-0.2, -0.15) is 0 Å². The second-order valence-electron chi connectivity index (χ2n) is 4.29. The highest BCUT2D eigenvalue weighted by Gasteiger charge is 2.18. The van der Waals surface area contributed by atoms with Crippen molar-refractivity contribution in [3.05, 3.63) is 27.9 Å². The summed E-state index contributed by atoms with van der Waals surface area (Å²) in [7, 11) is 0. The molecule has 1 aliphatic rings. The first-order chi connectivity index (χ1) is 8.22. The van der Waals surface area contributed by atoms with Gasteiger partial charge < -0.3 is 9.84 Å².